The van der Waals surface area contributed by atoms with Gasteiger partial charge in [-0.3, -0.25) is 15.0 Å². The van der Waals surface area contributed by atoms with E-state index in [1.165, 1.54) is 64.6 Å². The summed E-state index contributed by atoms with van der Waals surface area (Å²) >= 11 is 0. The number of pyridine rings is 1. The molecule has 0 aliphatic heterocycles. The lowest BCUT2D eigenvalue weighted by atomic mass is 9.87. The first-order valence-electron chi connectivity index (χ1n) is 13.5. The fraction of sp³-hybridized carbons (Fsp3) is 0. The van der Waals surface area contributed by atoms with Crippen LogP contribution in [0, 0.1) is 0 Å². The molecule has 3 nitrogen and oxygen atoms in total. The minimum Gasteiger partial charge on any atom is -0.255 e. The molecule has 2 heterocycles. The van der Waals surface area contributed by atoms with Crippen molar-refractivity contribution in [1.29, 1.82) is 0 Å². The number of nitrogens with zero attached hydrogens (tertiary/aromatic N) is 3. The minimum atomic E-state index is 0.767. The van der Waals surface area contributed by atoms with E-state index < -0.39 is 0 Å². The second-order valence-electron chi connectivity index (χ2n) is 10.5. The molecule has 40 heavy (non-hydrogen) atoms. The van der Waals surface area contributed by atoms with Gasteiger partial charge >= 0.3 is 0 Å². The lowest BCUT2D eigenvalue weighted by Gasteiger charge is -2.16. The van der Waals surface area contributed by atoms with Crippen LogP contribution in [0.5, 0.6) is 0 Å². The average Bonchev–Trinajstić information content (AvgIpc) is 3.03. The van der Waals surface area contributed by atoms with Crippen LogP contribution in [-0.4, -0.2) is 15.0 Å². The molecule has 0 radical (unpaired) electrons. The van der Waals surface area contributed by atoms with Crippen molar-refractivity contribution in [3.05, 3.63) is 128 Å². The number of hydrogen-bond acceptors (Lipinski definition) is 3. The minimum absolute atomic E-state index is 0.767. The Morgan fingerprint density at radius 2 is 0.900 bits per heavy atom. The molecule has 0 saturated carbocycles. The van der Waals surface area contributed by atoms with Crippen LogP contribution in [0.1, 0.15) is 0 Å². The molecule has 7 aromatic carbocycles. The lowest BCUT2D eigenvalue weighted by molar-refractivity contribution is 1.18. The third kappa shape index (κ3) is 2.97. The van der Waals surface area contributed by atoms with Crippen LogP contribution in [0.25, 0.3) is 87.3 Å². The molecular weight excluding hydrogens is 486 g/mol. The predicted octanol–water partition coefficient (Wildman–Crippen LogP) is 9.56. The fourth-order valence-corrected chi connectivity index (χ4v) is 6.56. The summed E-state index contributed by atoms with van der Waals surface area (Å²) in [4.78, 5) is 14.0. The van der Waals surface area contributed by atoms with Crippen LogP contribution in [-0.2, 0) is 0 Å². The first-order valence-corrected chi connectivity index (χ1v) is 13.5. The van der Waals surface area contributed by atoms with E-state index >= 15 is 0 Å². The number of rotatable bonds is 2. The van der Waals surface area contributed by atoms with Gasteiger partial charge in [0.2, 0.25) is 0 Å². The summed E-state index contributed by atoms with van der Waals surface area (Å²) in [6, 6.07) is 39.5. The van der Waals surface area contributed by atoms with Crippen LogP contribution < -0.4 is 0 Å². The molecule has 0 spiro atoms. The third-order valence-corrected chi connectivity index (χ3v) is 8.30. The van der Waals surface area contributed by atoms with Gasteiger partial charge in [0.05, 0.1) is 23.8 Å². The monoisotopic (exact) mass is 507 g/mol. The van der Waals surface area contributed by atoms with Crippen molar-refractivity contribution in [3.8, 4) is 22.6 Å². The molecule has 0 aliphatic carbocycles. The highest BCUT2D eigenvalue weighted by Gasteiger charge is 2.16. The van der Waals surface area contributed by atoms with Crippen LogP contribution in [0.2, 0.25) is 0 Å². The zero-order valence-corrected chi connectivity index (χ0v) is 21.5. The summed E-state index contributed by atoms with van der Waals surface area (Å²) in [6.45, 7) is 0. The van der Waals surface area contributed by atoms with Gasteiger partial charge in [-0.05, 0) is 88.9 Å². The van der Waals surface area contributed by atoms with Crippen molar-refractivity contribution in [1.82, 2.24) is 15.0 Å². The van der Waals surface area contributed by atoms with E-state index in [1.54, 1.807) is 6.20 Å². The molecule has 0 unspecified atom stereocenters. The molecule has 0 N–H and O–H groups in total. The number of benzene rings is 6. The molecule has 2 aromatic heterocycles. The van der Waals surface area contributed by atoms with Crippen LogP contribution in [0.3, 0.4) is 0 Å². The van der Waals surface area contributed by atoms with Crippen molar-refractivity contribution in [2.24, 2.45) is 0 Å². The van der Waals surface area contributed by atoms with Crippen LogP contribution in [0.15, 0.2) is 128 Å². The van der Waals surface area contributed by atoms with E-state index in [1.807, 2.05) is 30.6 Å². The summed E-state index contributed by atoms with van der Waals surface area (Å²) < 4.78 is 0. The highest BCUT2D eigenvalue weighted by atomic mass is 14.8. The van der Waals surface area contributed by atoms with Gasteiger partial charge in [-0.2, -0.15) is 0 Å². The van der Waals surface area contributed by atoms with E-state index in [-0.39, 0.29) is 0 Å². The normalized spacial score (nSPS) is 12.0. The van der Waals surface area contributed by atoms with Crippen molar-refractivity contribution in [2.45, 2.75) is 0 Å². The van der Waals surface area contributed by atoms with E-state index in [0.717, 1.165) is 22.6 Å². The zero-order chi connectivity index (χ0) is 26.2. The largest absolute Gasteiger partial charge is 0.255 e. The Hall–Kier alpha value is -5.41. The number of aromatic nitrogens is 3. The summed E-state index contributed by atoms with van der Waals surface area (Å²) in [5, 5.41) is 15.2. The van der Waals surface area contributed by atoms with Gasteiger partial charge in [0, 0.05) is 11.8 Å². The second-order valence-corrected chi connectivity index (χ2v) is 10.5. The molecule has 0 amide bonds. The Morgan fingerprint density at radius 3 is 1.48 bits per heavy atom. The summed E-state index contributed by atoms with van der Waals surface area (Å²) in [5.74, 6) is 0. The van der Waals surface area contributed by atoms with Gasteiger partial charge in [0.15, 0.2) is 0 Å². The van der Waals surface area contributed by atoms with Gasteiger partial charge in [-0.25, -0.2) is 0 Å². The Morgan fingerprint density at radius 1 is 0.350 bits per heavy atom. The molecule has 9 rings (SSSR count). The fourth-order valence-electron chi connectivity index (χ4n) is 6.56. The Kier molecular flexibility index (Phi) is 4.33. The predicted molar refractivity (Wildman–Crippen MR) is 167 cm³/mol. The average molecular weight is 508 g/mol. The second kappa shape index (κ2) is 8.05. The maximum atomic E-state index is 4.85. The molecule has 0 atom stereocenters. The standard InChI is InChI=1S/C37H21N3/c1-2-17-38-31(12-1)33-21-39-32(20-40-33)26-18-25-16-15-24-7-4-10-28-27-9-3-6-22-13-14-23-8-5-11-29(36(23)34(22)27)30(19-26)37(25)35(24)28/h1-21H. The molecule has 0 fully saturated rings. The molecule has 0 saturated heterocycles. The maximum Gasteiger partial charge on any atom is 0.107 e. The van der Waals surface area contributed by atoms with E-state index in [9.17, 15) is 0 Å². The van der Waals surface area contributed by atoms with Gasteiger partial charge < -0.3 is 0 Å². The van der Waals surface area contributed by atoms with Crippen molar-refractivity contribution < 1.29 is 0 Å². The molecule has 3 heteroatoms. The first kappa shape index (κ1) is 21.5. The summed E-state index contributed by atoms with van der Waals surface area (Å²) in [7, 11) is 0. The molecule has 9 aromatic rings. The topological polar surface area (TPSA) is 38.7 Å². The molecule has 0 aliphatic rings. The van der Waals surface area contributed by atoms with Gasteiger partial charge in [-0.15, -0.1) is 0 Å². The van der Waals surface area contributed by atoms with Crippen LogP contribution in [0.4, 0.5) is 0 Å². The lowest BCUT2D eigenvalue weighted by Crippen LogP contribution is -1.92. The van der Waals surface area contributed by atoms with Crippen LogP contribution >= 0.6 is 0 Å². The maximum absolute atomic E-state index is 4.85. The zero-order valence-electron chi connectivity index (χ0n) is 21.5. The van der Waals surface area contributed by atoms with Crippen molar-refractivity contribution in [3.63, 3.8) is 0 Å². The Labute approximate surface area is 229 Å². The quantitative estimate of drug-likeness (QED) is 0.219. The third-order valence-electron chi connectivity index (χ3n) is 8.30. The first-order chi connectivity index (χ1) is 19.8. The highest BCUT2D eigenvalue weighted by Crippen LogP contribution is 2.44. The summed E-state index contributed by atoms with van der Waals surface area (Å²) in [5.41, 5.74) is 3.49. The molecule has 0 bridgehead atoms. The van der Waals surface area contributed by atoms with Crippen molar-refractivity contribution >= 4 is 64.6 Å². The molecule has 184 valence electrons. The van der Waals surface area contributed by atoms with Gasteiger partial charge in [0.1, 0.15) is 5.69 Å². The Bertz CT molecular complexity index is 2400. The van der Waals surface area contributed by atoms with E-state index in [0.29, 0.717) is 0 Å². The smallest absolute Gasteiger partial charge is 0.107 e. The Balaban J connectivity index is 1.46. The van der Waals surface area contributed by atoms with Gasteiger partial charge in [-0.1, -0.05) is 84.9 Å². The van der Waals surface area contributed by atoms with E-state index in [4.69, 9.17) is 9.97 Å². The SMILES string of the molecule is c1ccc(-c2cnc(-c3cc4ccc5cccc6c7cccc8ccc9cccc(c(c3)c4c56)c9c87)cn2)nc1. The number of fused-ring (bicyclic) bond motifs is 2. The van der Waals surface area contributed by atoms with Crippen molar-refractivity contribution in [2.75, 3.05) is 0 Å². The van der Waals surface area contributed by atoms with Gasteiger partial charge in [0.25, 0.3) is 0 Å². The van der Waals surface area contributed by atoms with E-state index in [2.05, 4.69) is 96.0 Å². The number of hydrogen-bond donors (Lipinski definition) is 0. The summed E-state index contributed by atoms with van der Waals surface area (Å²) in [6.07, 6.45) is 5.47. The molecular formula is C37H21N3. The highest BCUT2D eigenvalue weighted by molar-refractivity contribution is 6.37.